The molecule has 0 bridgehead atoms. The molecule has 1 saturated heterocycles. The number of aromatic nitrogens is 2. The Hall–Kier alpha value is -6.19. The Labute approximate surface area is 379 Å². The number of para-hydroxylation sites is 1. The number of thiocarbonyl (C=S) groups is 1. The van der Waals surface area contributed by atoms with E-state index in [0.717, 1.165) is 16.5 Å². The van der Waals surface area contributed by atoms with Gasteiger partial charge in [0.2, 0.25) is 17.8 Å². The number of aliphatic hydroxyl groups is 2. The smallest absolute Gasteiger partial charge is 0.355 e. The number of nitrogens with two attached hydrogens (primary N) is 2. The molecule has 346 valence electrons. The Balaban J connectivity index is 1.07. The number of fused-ring (bicyclic) bond motifs is 5. The number of carbonyl (C=O) groups excluding carboxylic acids is 3. The fourth-order valence-electron chi connectivity index (χ4n) is 8.29. The minimum Gasteiger partial charge on any atom is -0.462 e. The molecule has 0 radical (unpaired) electrons. The lowest BCUT2D eigenvalue weighted by molar-refractivity contribution is -0.272. The van der Waals surface area contributed by atoms with E-state index in [9.17, 15) is 29.4 Å². The molecule has 2 aromatic carbocycles. The van der Waals surface area contributed by atoms with Crippen molar-refractivity contribution in [3.63, 3.8) is 0 Å². The first-order valence-corrected chi connectivity index (χ1v) is 21.8. The van der Waals surface area contributed by atoms with Gasteiger partial charge < -0.3 is 65.9 Å². The maximum absolute atomic E-state index is 14.3. The summed E-state index contributed by atoms with van der Waals surface area (Å²) in [7, 11) is 1.38. The number of guanidine groups is 1. The molecule has 1 unspecified atom stereocenters. The van der Waals surface area contributed by atoms with Crippen molar-refractivity contribution in [2.45, 2.75) is 108 Å². The van der Waals surface area contributed by atoms with Crippen LogP contribution < -0.4 is 37.7 Å². The van der Waals surface area contributed by atoms with E-state index in [0.29, 0.717) is 29.2 Å². The maximum Gasteiger partial charge on any atom is 0.355 e. The van der Waals surface area contributed by atoms with Gasteiger partial charge in [0.05, 0.1) is 35.1 Å². The van der Waals surface area contributed by atoms with E-state index in [1.54, 1.807) is 62.6 Å². The van der Waals surface area contributed by atoms with Crippen LogP contribution in [0.1, 0.15) is 63.6 Å². The quantitative estimate of drug-likeness (QED) is 0.0260. The average Bonchev–Trinajstić information content (AvgIpc) is 3.63. The molecule has 0 saturated carbocycles. The van der Waals surface area contributed by atoms with E-state index < -0.39 is 72.2 Å². The van der Waals surface area contributed by atoms with Gasteiger partial charge in [-0.3, -0.25) is 14.6 Å². The van der Waals surface area contributed by atoms with Crippen LogP contribution in [-0.4, -0.2) is 105 Å². The highest BCUT2D eigenvalue weighted by molar-refractivity contribution is 7.80. The molecule has 2 aromatic heterocycles. The van der Waals surface area contributed by atoms with Crippen LogP contribution in [0.25, 0.3) is 22.3 Å². The van der Waals surface area contributed by atoms with Gasteiger partial charge in [-0.15, -0.1) is 0 Å². The first-order valence-electron chi connectivity index (χ1n) is 21.4. The molecule has 65 heavy (non-hydrogen) atoms. The fourth-order valence-corrected chi connectivity index (χ4v) is 8.55. The molecule has 0 spiro atoms. The molecule has 4 aromatic rings. The maximum atomic E-state index is 14.3. The van der Waals surface area contributed by atoms with Crippen LogP contribution in [-0.2, 0) is 52.1 Å². The summed E-state index contributed by atoms with van der Waals surface area (Å²) < 4.78 is 30.1. The molecule has 1 fully saturated rings. The Morgan fingerprint density at radius 2 is 1.82 bits per heavy atom. The van der Waals surface area contributed by atoms with Crippen LogP contribution >= 0.6 is 12.2 Å². The Bertz CT molecular complexity index is 2550. The topological polar surface area (TPSA) is 273 Å². The summed E-state index contributed by atoms with van der Waals surface area (Å²) >= 11 is 5.61. The second-order valence-electron chi connectivity index (χ2n) is 16.5. The number of esters is 2. The SMILES string of the molecule is CC[C@@]1(OC(=O)C(NC(=O)[C@H](CCCN=C(N)N)NC(=S)Nc2ccc(O[C@H]3O[C@@H](C)[C@@H](O)[C@@H](OC)[C@@H]3O)cc2)C(C)C)C(=O)OCc2c1cc1n(c2=O)Cc2cc3ccccc3nc2-1. The Kier molecular flexibility index (Phi) is 14.0. The molecular weight excluding hydrogens is 861 g/mol. The van der Waals surface area contributed by atoms with Crippen LogP contribution in [0.15, 0.2) is 70.5 Å². The fraction of sp³-hybridized carbons (Fsp3) is 0.444. The van der Waals surface area contributed by atoms with Crippen LogP contribution in [0.4, 0.5) is 5.69 Å². The minimum atomic E-state index is -2.00. The number of pyridine rings is 2. The molecule has 9 N–H and O–H groups in total. The van der Waals surface area contributed by atoms with Crippen LogP contribution in [0.3, 0.4) is 0 Å². The van der Waals surface area contributed by atoms with Crippen molar-refractivity contribution in [3.05, 3.63) is 87.7 Å². The van der Waals surface area contributed by atoms with Gasteiger partial charge in [-0.2, -0.15) is 0 Å². The zero-order chi connectivity index (χ0) is 46.7. The molecule has 3 aliphatic heterocycles. The van der Waals surface area contributed by atoms with Crippen molar-refractivity contribution < 1.29 is 48.3 Å². The lowest BCUT2D eigenvalue weighted by Gasteiger charge is -2.40. The van der Waals surface area contributed by atoms with Crippen molar-refractivity contribution in [1.29, 1.82) is 0 Å². The highest BCUT2D eigenvalue weighted by Crippen LogP contribution is 2.41. The summed E-state index contributed by atoms with van der Waals surface area (Å²) in [5.74, 6) is -2.66. The number of methoxy groups -OCH3 is 1. The highest BCUT2D eigenvalue weighted by atomic mass is 32.1. The van der Waals surface area contributed by atoms with Crippen molar-refractivity contribution in [3.8, 4) is 17.1 Å². The molecular formula is C45H54N8O11S. The van der Waals surface area contributed by atoms with E-state index in [4.69, 9.17) is 52.4 Å². The van der Waals surface area contributed by atoms with Crippen molar-refractivity contribution >= 4 is 57.7 Å². The number of hydrogen-bond acceptors (Lipinski definition) is 14. The predicted molar refractivity (Wildman–Crippen MR) is 242 cm³/mol. The zero-order valence-electron chi connectivity index (χ0n) is 36.6. The standard InChI is InChI=1S/C45H54N8O11S/c1-6-45(29-19-32-34-25(18-24-10-7-8-11-30(24)50-34)20-53(32)39(57)28(29)21-61-42(45)59)64-40(58)33(22(2)3)52-38(56)31(12-9-17-48-43(46)47)51-44(65)49-26-13-15-27(16-14-26)63-41-36(55)37(60-5)35(54)23(4)62-41/h7-8,10-11,13-16,18-19,22-23,31,33,35-37,41,54-55H,6,9,12,17,20-21H2,1-5H3,(H,52,56)(H4,46,47,48)(H2,49,51,65)/t23-,31-,33?,35+,36-,37+,41+,45-/m0/s1. The first kappa shape index (κ1) is 46.8. The summed E-state index contributed by atoms with van der Waals surface area (Å²) in [6.07, 6.45) is -4.52. The molecule has 3 aliphatic rings. The molecule has 8 atom stereocenters. The number of anilines is 1. The van der Waals surface area contributed by atoms with Gasteiger partial charge in [-0.05, 0) is 86.8 Å². The van der Waals surface area contributed by atoms with Gasteiger partial charge in [0.25, 0.3) is 5.56 Å². The van der Waals surface area contributed by atoms with Gasteiger partial charge >= 0.3 is 11.9 Å². The van der Waals surface area contributed by atoms with E-state index in [-0.39, 0.29) is 60.3 Å². The van der Waals surface area contributed by atoms with E-state index in [2.05, 4.69) is 20.9 Å². The molecule has 20 heteroatoms. The number of carbonyl (C=O) groups is 3. The molecule has 7 rings (SSSR count). The number of amides is 1. The summed E-state index contributed by atoms with van der Waals surface area (Å²) in [6.45, 7) is 6.90. The molecule has 1 amide bonds. The lowest BCUT2D eigenvalue weighted by Crippen LogP contribution is -2.59. The summed E-state index contributed by atoms with van der Waals surface area (Å²) in [4.78, 5) is 65.3. The van der Waals surface area contributed by atoms with Gasteiger partial charge in [0.1, 0.15) is 42.8 Å². The van der Waals surface area contributed by atoms with Gasteiger partial charge in [-0.1, -0.05) is 39.0 Å². The monoisotopic (exact) mass is 914 g/mol. The average molecular weight is 915 g/mol. The Morgan fingerprint density at radius 1 is 1.08 bits per heavy atom. The third-order valence-corrected chi connectivity index (χ3v) is 12.1. The lowest BCUT2D eigenvalue weighted by atomic mass is 9.85. The largest absolute Gasteiger partial charge is 0.462 e. The van der Waals surface area contributed by atoms with Crippen molar-refractivity contribution in [2.24, 2.45) is 22.4 Å². The molecule has 5 heterocycles. The van der Waals surface area contributed by atoms with Gasteiger partial charge in [-0.25, -0.2) is 14.6 Å². The second-order valence-corrected chi connectivity index (χ2v) is 17.0. The highest BCUT2D eigenvalue weighted by Gasteiger charge is 2.52. The summed E-state index contributed by atoms with van der Waals surface area (Å²) in [5.41, 5.74) is 12.2. The summed E-state index contributed by atoms with van der Waals surface area (Å²) in [5, 5.41) is 30.8. The first-order chi connectivity index (χ1) is 31.0. The number of benzene rings is 2. The van der Waals surface area contributed by atoms with Gasteiger partial charge in [0.15, 0.2) is 11.1 Å². The summed E-state index contributed by atoms with van der Waals surface area (Å²) in [6, 6.07) is 15.5. The minimum absolute atomic E-state index is 0.0653. The number of aliphatic imine (C=N–C) groups is 1. The second kappa shape index (κ2) is 19.5. The van der Waals surface area contributed by atoms with Crippen LogP contribution in [0.2, 0.25) is 0 Å². The third-order valence-electron chi connectivity index (χ3n) is 11.9. The zero-order valence-corrected chi connectivity index (χ0v) is 37.4. The van der Waals surface area contributed by atoms with E-state index >= 15 is 0 Å². The number of aliphatic hydroxyl groups excluding tert-OH is 2. The van der Waals surface area contributed by atoms with Gasteiger partial charge in [0, 0.05) is 35.9 Å². The number of nitrogens with one attached hydrogen (secondary N) is 3. The normalized spacial score (nSPS) is 23.0. The number of nitrogens with zero attached hydrogens (tertiary/aromatic N) is 3. The predicted octanol–water partition coefficient (Wildman–Crippen LogP) is 2.04. The van der Waals surface area contributed by atoms with E-state index in [1.807, 2.05) is 30.3 Å². The van der Waals surface area contributed by atoms with E-state index in [1.165, 1.54) is 7.11 Å². The van der Waals surface area contributed by atoms with Crippen molar-refractivity contribution in [1.82, 2.24) is 20.2 Å². The number of cyclic esters (lactones) is 1. The molecule has 0 aliphatic carbocycles. The molecule has 19 nitrogen and oxygen atoms in total. The van der Waals surface area contributed by atoms with Crippen LogP contribution in [0.5, 0.6) is 5.75 Å². The van der Waals surface area contributed by atoms with Crippen LogP contribution in [0, 0.1) is 5.92 Å². The number of rotatable bonds is 15. The number of hydrogen-bond donors (Lipinski definition) is 7. The third kappa shape index (κ3) is 9.62. The Morgan fingerprint density at radius 3 is 2.51 bits per heavy atom. The van der Waals surface area contributed by atoms with Crippen molar-refractivity contribution in [2.75, 3.05) is 19.0 Å². The number of ether oxygens (including phenoxy) is 5.